The van der Waals surface area contributed by atoms with Crippen LogP contribution < -0.4 is 5.73 Å². The highest BCUT2D eigenvalue weighted by Gasteiger charge is 2.59. The molecule has 0 aliphatic heterocycles. The topological polar surface area (TPSA) is 26.0 Å². The van der Waals surface area contributed by atoms with Gasteiger partial charge < -0.3 is 5.73 Å². The molecule has 0 amide bonds. The fourth-order valence-corrected chi connectivity index (χ4v) is 7.19. The van der Waals surface area contributed by atoms with Crippen molar-refractivity contribution in [2.45, 2.75) is 98.4 Å². The molecule has 0 aromatic heterocycles. The Morgan fingerprint density at radius 1 is 1.00 bits per heavy atom. The smallest absolute Gasteiger partial charge is 0.00443 e. The lowest BCUT2D eigenvalue weighted by Crippen LogP contribution is -2.56. The van der Waals surface area contributed by atoms with Gasteiger partial charge in [0, 0.05) is 6.04 Å². The summed E-state index contributed by atoms with van der Waals surface area (Å²) in [5.74, 6) is 1.01. The van der Waals surface area contributed by atoms with E-state index in [9.17, 15) is 0 Å². The molecular formula is C20H37N. The summed E-state index contributed by atoms with van der Waals surface area (Å²) in [6.07, 6.45) is 12.7. The van der Waals surface area contributed by atoms with Crippen LogP contribution >= 0.6 is 0 Å². The van der Waals surface area contributed by atoms with E-state index in [4.69, 9.17) is 5.73 Å². The van der Waals surface area contributed by atoms with E-state index >= 15 is 0 Å². The Kier molecular flexibility index (Phi) is 3.57. The van der Waals surface area contributed by atoms with Gasteiger partial charge in [0.25, 0.3) is 0 Å². The normalized spacial score (nSPS) is 46.9. The van der Waals surface area contributed by atoms with Crippen molar-refractivity contribution in [3.05, 3.63) is 0 Å². The Hall–Kier alpha value is -0.0400. The number of hydrogen-bond acceptors (Lipinski definition) is 1. The highest BCUT2D eigenvalue weighted by atomic mass is 14.7. The summed E-state index contributed by atoms with van der Waals surface area (Å²) in [7, 11) is 0. The third kappa shape index (κ3) is 3.33. The zero-order valence-electron chi connectivity index (χ0n) is 15.1. The predicted octanol–water partition coefficient (Wildman–Crippen LogP) is 5.53. The second kappa shape index (κ2) is 4.73. The van der Waals surface area contributed by atoms with Crippen LogP contribution in [0.1, 0.15) is 92.4 Å². The minimum atomic E-state index is 0.424. The van der Waals surface area contributed by atoms with E-state index in [0.717, 1.165) is 5.92 Å². The minimum absolute atomic E-state index is 0.424. The maximum absolute atomic E-state index is 6.59. The molecule has 4 saturated carbocycles. The van der Waals surface area contributed by atoms with Gasteiger partial charge in [0.1, 0.15) is 0 Å². The van der Waals surface area contributed by atoms with Gasteiger partial charge in [0.15, 0.2) is 0 Å². The average Bonchev–Trinajstić information content (AvgIpc) is 2.19. The summed E-state index contributed by atoms with van der Waals surface area (Å²) in [6.45, 7) is 12.2. The van der Waals surface area contributed by atoms with Crippen molar-refractivity contribution < 1.29 is 0 Å². The molecule has 4 bridgehead atoms. The van der Waals surface area contributed by atoms with Crippen molar-refractivity contribution in [2.24, 2.45) is 33.3 Å². The van der Waals surface area contributed by atoms with Gasteiger partial charge in [-0.05, 0) is 85.4 Å². The van der Waals surface area contributed by atoms with Crippen LogP contribution in [0.4, 0.5) is 0 Å². The van der Waals surface area contributed by atoms with Crippen LogP contribution in [0.3, 0.4) is 0 Å². The first-order valence-electron chi connectivity index (χ1n) is 9.26. The highest BCUT2D eigenvalue weighted by Crippen LogP contribution is 2.70. The molecule has 4 aliphatic rings. The molecule has 0 saturated heterocycles. The largest absolute Gasteiger partial charge is 0.328 e. The molecule has 1 nitrogen and oxygen atoms in total. The number of rotatable bonds is 4. The van der Waals surface area contributed by atoms with Gasteiger partial charge in [0.2, 0.25) is 0 Å². The van der Waals surface area contributed by atoms with E-state index in [1.807, 2.05) is 0 Å². The molecule has 2 N–H and O–H groups in total. The second-order valence-electron chi connectivity index (χ2n) is 11.2. The summed E-state index contributed by atoms with van der Waals surface area (Å²) in [4.78, 5) is 0. The highest BCUT2D eigenvalue weighted by molar-refractivity contribution is 5.10. The Balaban J connectivity index is 1.67. The quantitative estimate of drug-likeness (QED) is 0.724. The van der Waals surface area contributed by atoms with E-state index in [1.54, 1.807) is 0 Å². The Labute approximate surface area is 132 Å². The summed E-state index contributed by atoms with van der Waals surface area (Å²) in [5.41, 5.74) is 8.89. The minimum Gasteiger partial charge on any atom is -0.328 e. The SMILES string of the molecule is CC(C)(C)CCC(N)CC12CC3CC(C)(CC(C)(C3)C1)C2. The first-order chi connectivity index (χ1) is 9.51. The molecule has 3 unspecified atom stereocenters. The first-order valence-corrected chi connectivity index (χ1v) is 9.26. The van der Waals surface area contributed by atoms with Crippen LogP contribution in [-0.2, 0) is 0 Å². The van der Waals surface area contributed by atoms with Crippen molar-refractivity contribution in [3.8, 4) is 0 Å². The maximum atomic E-state index is 6.59. The molecule has 0 spiro atoms. The van der Waals surface area contributed by atoms with E-state index < -0.39 is 0 Å². The fourth-order valence-electron chi connectivity index (χ4n) is 7.19. The summed E-state index contributed by atoms with van der Waals surface area (Å²) < 4.78 is 0. The number of nitrogens with two attached hydrogens (primary N) is 1. The van der Waals surface area contributed by atoms with Gasteiger partial charge in [0.05, 0.1) is 0 Å². The molecule has 4 fully saturated rings. The molecule has 0 aromatic carbocycles. The molecule has 0 heterocycles. The van der Waals surface area contributed by atoms with E-state index in [-0.39, 0.29) is 0 Å². The van der Waals surface area contributed by atoms with Gasteiger partial charge in [-0.15, -0.1) is 0 Å². The third-order valence-corrected chi connectivity index (χ3v) is 6.70. The Morgan fingerprint density at radius 2 is 1.57 bits per heavy atom. The van der Waals surface area contributed by atoms with Gasteiger partial charge in [-0.1, -0.05) is 34.6 Å². The lowest BCUT2D eigenvalue weighted by molar-refractivity contribution is -0.149. The summed E-state index contributed by atoms with van der Waals surface area (Å²) in [5, 5.41) is 0. The number of hydrogen-bond donors (Lipinski definition) is 1. The van der Waals surface area contributed by atoms with Crippen LogP contribution in [0.25, 0.3) is 0 Å². The standard InChI is InChI=1S/C20H37N/c1-17(2,3)7-6-16(21)11-20-10-15-8-18(4,13-20)12-19(5,9-15)14-20/h15-16H,6-14,21H2,1-5H3. The van der Waals surface area contributed by atoms with Crippen LogP contribution in [0, 0.1) is 27.6 Å². The first kappa shape index (κ1) is 15.8. The molecule has 122 valence electrons. The summed E-state index contributed by atoms with van der Waals surface area (Å²) >= 11 is 0. The van der Waals surface area contributed by atoms with Crippen molar-refractivity contribution >= 4 is 0 Å². The molecule has 0 radical (unpaired) electrons. The monoisotopic (exact) mass is 291 g/mol. The zero-order chi connectivity index (χ0) is 15.5. The molecule has 21 heavy (non-hydrogen) atoms. The van der Waals surface area contributed by atoms with Gasteiger partial charge >= 0.3 is 0 Å². The molecule has 4 rings (SSSR count). The lowest BCUT2D eigenvalue weighted by Gasteiger charge is -2.66. The predicted molar refractivity (Wildman–Crippen MR) is 91.1 cm³/mol. The average molecular weight is 292 g/mol. The fraction of sp³-hybridized carbons (Fsp3) is 1.00. The molecule has 4 aliphatic carbocycles. The molecule has 1 heteroatoms. The van der Waals surface area contributed by atoms with Gasteiger partial charge in [-0.25, -0.2) is 0 Å². The van der Waals surface area contributed by atoms with Crippen molar-refractivity contribution in [3.63, 3.8) is 0 Å². The van der Waals surface area contributed by atoms with Crippen molar-refractivity contribution in [2.75, 3.05) is 0 Å². The van der Waals surface area contributed by atoms with Crippen LogP contribution in [0.15, 0.2) is 0 Å². The lowest BCUT2D eigenvalue weighted by atomic mass is 9.39. The van der Waals surface area contributed by atoms with Crippen LogP contribution in [-0.4, -0.2) is 6.04 Å². The zero-order valence-corrected chi connectivity index (χ0v) is 15.1. The van der Waals surface area contributed by atoms with E-state index in [0.29, 0.717) is 27.7 Å². The van der Waals surface area contributed by atoms with Crippen molar-refractivity contribution in [1.82, 2.24) is 0 Å². The third-order valence-electron chi connectivity index (χ3n) is 6.70. The second-order valence-corrected chi connectivity index (χ2v) is 11.2. The van der Waals surface area contributed by atoms with Gasteiger partial charge in [-0.3, -0.25) is 0 Å². The Bertz CT molecular complexity index is 387. The molecule has 0 aromatic rings. The Morgan fingerprint density at radius 3 is 2.05 bits per heavy atom. The van der Waals surface area contributed by atoms with Gasteiger partial charge in [-0.2, -0.15) is 0 Å². The van der Waals surface area contributed by atoms with Crippen molar-refractivity contribution in [1.29, 1.82) is 0 Å². The molecule has 3 atom stereocenters. The van der Waals surface area contributed by atoms with Crippen LogP contribution in [0.5, 0.6) is 0 Å². The molecular weight excluding hydrogens is 254 g/mol. The van der Waals surface area contributed by atoms with E-state index in [2.05, 4.69) is 34.6 Å². The summed E-state index contributed by atoms with van der Waals surface area (Å²) in [6, 6.07) is 0.424. The maximum Gasteiger partial charge on any atom is 0.00443 e. The van der Waals surface area contributed by atoms with E-state index in [1.165, 1.54) is 57.8 Å². The van der Waals surface area contributed by atoms with Crippen LogP contribution in [0.2, 0.25) is 0 Å².